The number of nitrogens with zero attached hydrogens (tertiary/aromatic N) is 2. The molecule has 2 rings (SSSR count). The number of hydrogen-bond acceptors (Lipinski definition) is 4. The predicted octanol–water partition coefficient (Wildman–Crippen LogP) is 3.84. The first-order valence-corrected chi connectivity index (χ1v) is 8.48. The minimum absolute atomic E-state index is 0.103. The van der Waals surface area contributed by atoms with Crippen molar-refractivity contribution >= 4 is 29.3 Å². The summed E-state index contributed by atoms with van der Waals surface area (Å²) in [6, 6.07) is 7.54. The highest BCUT2D eigenvalue weighted by molar-refractivity contribution is 7.99. The monoisotopic (exact) mass is 338 g/mol. The summed E-state index contributed by atoms with van der Waals surface area (Å²) in [7, 11) is 1.81. The van der Waals surface area contributed by atoms with E-state index in [0.717, 1.165) is 28.3 Å². The Labute approximate surface area is 139 Å². The Balaban J connectivity index is 1.80. The molecular formula is C16H19ClN2O2S. The van der Waals surface area contributed by atoms with Gasteiger partial charge in [0.25, 0.3) is 0 Å². The molecule has 0 spiro atoms. The van der Waals surface area contributed by atoms with Crippen LogP contribution in [0, 0.1) is 13.8 Å². The van der Waals surface area contributed by atoms with E-state index in [1.807, 2.05) is 45.2 Å². The Hall–Kier alpha value is -1.46. The van der Waals surface area contributed by atoms with Gasteiger partial charge in [-0.25, -0.2) is 0 Å². The zero-order valence-electron chi connectivity index (χ0n) is 12.9. The molecule has 0 bridgehead atoms. The maximum Gasteiger partial charge on any atom is 0.232 e. The van der Waals surface area contributed by atoms with Gasteiger partial charge in [-0.1, -0.05) is 28.9 Å². The van der Waals surface area contributed by atoms with Crippen LogP contribution in [0.25, 0.3) is 0 Å². The molecule has 6 heteroatoms. The Bertz CT molecular complexity index is 621. The van der Waals surface area contributed by atoms with Gasteiger partial charge in [-0.05, 0) is 31.5 Å². The number of halogens is 1. The predicted molar refractivity (Wildman–Crippen MR) is 90.1 cm³/mol. The molecule has 118 valence electrons. The van der Waals surface area contributed by atoms with Gasteiger partial charge in [0.05, 0.1) is 11.4 Å². The molecule has 1 aromatic carbocycles. The van der Waals surface area contributed by atoms with Crippen molar-refractivity contribution in [2.45, 2.75) is 26.1 Å². The van der Waals surface area contributed by atoms with E-state index in [1.54, 1.807) is 16.7 Å². The smallest absolute Gasteiger partial charge is 0.232 e. The van der Waals surface area contributed by atoms with E-state index in [2.05, 4.69) is 5.16 Å². The molecule has 0 aliphatic rings. The first kappa shape index (κ1) is 16.9. The van der Waals surface area contributed by atoms with Crippen molar-refractivity contribution < 1.29 is 9.32 Å². The fraction of sp³-hybridized carbons (Fsp3) is 0.375. The SMILES string of the molecule is Cc1noc(C)c1CSCC(=O)N(C)Cc1ccc(Cl)cc1. The maximum absolute atomic E-state index is 12.2. The van der Waals surface area contributed by atoms with Crippen molar-refractivity contribution in [3.8, 4) is 0 Å². The fourth-order valence-corrected chi connectivity index (χ4v) is 3.25. The quantitative estimate of drug-likeness (QED) is 0.803. The highest BCUT2D eigenvalue weighted by Crippen LogP contribution is 2.20. The van der Waals surface area contributed by atoms with Crippen LogP contribution in [0.15, 0.2) is 28.8 Å². The van der Waals surface area contributed by atoms with Gasteiger partial charge in [0, 0.05) is 29.9 Å². The van der Waals surface area contributed by atoms with E-state index in [1.165, 1.54) is 0 Å². The molecule has 1 aromatic heterocycles. The Morgan fingerprint density at radius 1 is 1.32 bits per heavy atom. The van der Waals surface area contributed by atoms with Crippen LogP contribution in [0.4, 0.5) is 0 Å². The third-order valence-electron chi connectivity index (χ3n) is 3.41. The van der Waals surface area contributed by atoms with Crippen molar-refractivity contribution in [1.29, 1.82) is 0 Å². The molecule has 0 radical (unpaired) electrons. The van der Waals surface area contributed by atoms with Gasteiger partial charge in [-0.2, -0.15) is 0 Å². The molecule has 0 saturated heterocycles. The lowest BCUT2D eigenvalue weighted by Crippen LogP contribution is -2.27. The number of thioether (sulfide) groups is 1. The van der Waals surface area contributed by atoms with Crippen molar-refractivity contribution in [3.05, 3.63) is 51.9 Å². The van der Waals surface area contributed by atoms with Crippen molar-refractivity contribution in [3.63, 3.8) is 0 Å². The second-order valence-corrected chi connectivity index (χ2v) is 6.59. The molecule has 1 amide bonds. The number of carbonyl (C=O) groups is 1. The number of amides is 1. The van der Waals surface area contributed by atoms with Crippen molar-refractivity contribution in [1.82, 2.24) is 10.1 Å². The van der Waals surface area contributed by atoms with Crippen LogP contribution in [-0.4, -0.2) is 28.8 Å². The zero-order valence-corrected chi connectivity index (χ0v) is 14.5. The number of benzene rings is 1. The summed E-state index contributed by atoms with van der Waals surface area (Å²) >= 11 is 7.43. The molecule has 22 heavy (non-hydrogen) atoms. The summed E-state index contributed by atoms with van der Waals surface area (Å²) in [5.74, 6) is 2.11. The van der Waals surface area contributed by atoms with Crippen LogP contribution in [0.3, 0.4) is 0 Å². The number of hydrogen-bond donors (Lipinski definition) is 0. The first-order valence-electron chi connectivity index (χ1n) is 6.95. The summed E-state index contributed by atoms with van der Waals surface area (Å²) < 4.78 is 5.12. The molecule has 1 heterocycles. The average molecular weight is 339 g/mol. The van der Waals surface area contributed by atoms with E-state index < -0.39 is 0 Å². The van der Waals surface area contributed by atoms with Crippen LogP contribution in [0.5, 0.6) is 0 Å². The lowest BCUT2D eigenvalue weighted by molar-refractivity contribution is -0.127. The Kier molecular flexibility index (Phi) is 5.91. The second-order valence-electron chi connectivity index (χ2n) is 5.17. The van der Waals surface area contributed by atoms with Gasteiger partial charge in [0.15, 0.2) is 0 Å². The molecule has 0 unspecified atom stereocenters. The summed E-state index contributed by atoms with van der Waals surface area (Å²) in [4.78, 5) is 13.9. The topological polar surface area (TPSA) is 46.3 Å². The van der Waals surface area contributed by atoms with E-state index in [4.69, 9.17) is 16.1 Å². The third-order valence-corrected chi connectivity index (χ3v) is 4.61. The van der Waals surface area contributed by atoms with E-state index in [-0.39, 0.29) is 5.91 Å². The van der Waals surface area contributed by atoms with E-state index in [0.29, 0.717) is 17.3 Å². The maximum atomic E-state index is 12.2. The Morgan fingerprint density at radius 3 is 2.59 bits per heavy atom. The molecule has 0 saturated carbocycles. The number of aryl methyl sites for hydroxylation is 2. The fourth-order valence-electron chi connectivity index (χ4n) is 2.01. The van der Waals surface area contributed by atoms with Gasteiger partial charge in [-0.3, -0.25) is 4.79 Å². The molecule has 2 aromatic rings. The van der Waals surface area contributed by atoms with E-state index >= 15 is 0 Å². The van der Waals surface area contributed by atoms with Crippen molar-refractivity contribution in [2.75, 3.05) is 12.8 Å². The van der Waals surface area contributed by atoms with Crippen molar-refractivity contribution in [2.24, 2.45) is 0 Å². The summed E-state index contributed by atoms with van der Waals surface area (Å²) in [5, 5.41) is 4.62. The largest absolute Gasteiger partial charge is 0.361 e. The number of rotatable bonds is 6. The minimum Gasteiger partial charge on any atom is -0.361 e. The van der Waals surface area contributed by atoms with E-state index in [9.17, 15) is 4.79 Å². The average Bonchev–Trinajstić information content (AvgIpc) is 2.81. The standard InChI is InChI=1S/C16H19ClN2O2S/c1-11-15(12(2)21-18-11)9-22-10-16(20)19(3)8-13-4-6-14(17)7-5-13/h4-7H,8-10H2,1-3H3. The van der Waals surface area contributed by atoms with Gasteiger partial charge < -0.3 is 9.42 Å². The van der Waals surface area contributed by atoms with Gasteiger partial charge in [0.2, 0.25) is 5.91 Å². The van der Waals surface area contributed by atoms with Crippen LogP contribution >= 0.6 is 23.4 Å². The Morgan fingerprint density at radius 2 is 2.00 bits per heavy atom. The summed E-state index contributed by atoms with van der Waals surface area (Å²) in [6.07, 6.45) is 0. The van der Waals surface area contributed by atoms with Crippen LogP contribution in [0.2, 0.25) is 5.02 Å². The molecule has 0 atom stereocenters. The zero-order chi connectivity index (χ0) is 16.1. The molecule has 0 aliphatic carbocycles. The van der Waals surface area contributed by atoms with Crippen LogP contribution in [-0.2, 0) is 17.1 Å². The summed E-state index contributed by atoms with van der Waals surface area (Å²) in [5.41, 5.74) is 3.04. The number of carbonyl (C=O) groups excluding carboxylic acids is 1. The minimum atomic E-state index is 0.103. The molecule has 0 fully saturated rings. The first-order chi connectivity index (χ1) is 10.5. The van der Waals surface area contributed by atoms with Gasteiger partial charge >= 0.3 is 0 Å². The molecule has 4 nitrogen and oxygen atoms in total. The highest BCUT2D eigenvalue weighted by Gasteiger charge is 2.12. The highest BCUT2D eigenvalue weighted by atomic mass is 35.5. The lowest BCUT2D eigenvalue weighted by Gasteiger charge is -2.17. The molecule has 0 aliphatic heterocycles. The van der Waals surface area contributed by atoms with Gasteiger partial charge in [-0.15, -0.1) is 11.8 Å². The molecular weight excluding hydrogens is 320 g/mol. The molecule has 0 N–H and O–H groups in total. The number of aromatic nitrogens is 1. The van der Waals surface area contributed by atoms with Crippen LogP contribution in [0.1, 0.15) is 22.6 Å². The third kappa shape index (κ3) is 4.52. The normalized spacial score (nSPS) is 10.7. The second kappa shape index (κ2) is 7.70. The lowest BCUT2D eigenvalue weighted by atomic mass is 10.2. The summed E-state index contributed by atoms with van der Waals surface area (Å²) in [6.45, 7) is 4.40. The van der Waals surface area contributed by atoms with Crippen LogP contribution < -0.4 is 0 Å². The van der Waals surface area contributed by atoms with Gasteiger partial charge in [0.1, 0.15) is 5.76 Å².